The smallest absolute Gasteiger partial charge is 0.258 e. The van der Waals surface area contributed by atoms with Crippen LogP contribution >= 0.6 is 0 Å². The van der Waals surface area contributed by atoms with Crippen molar-refractivity contribution in [1.82, 2.24) is 5.32 Å². The van der Waals surface area contributed by atoms with Crippen LogP contribution < -0.4 is 14.8 Å². The SMILES string of the molecule is O=C(COc1ccccc1)NC1CCOc2ccc(F)cc21. The summed E-state index contributed by atoms with van der Waals surface area (Å²) in [6.07, 6.45) is 0.605. The van der Waals surface area contributed by atoms with Gasteiger partial charge in [-0.2, -0.15) is 0 Å². The number of benzene rings is 2. The highest BCUT2D eigenvalue weighted by molar-refractivity contribution is 5.78. The summed E-state index contributed by atoms with van der Waals surface area (Å²) in [5, 5.41) is 2.86. The van der Waals surface area contributed by atoms with Crippen LogP contribution in [0.4, 0.5) is 4.39 Å². The Kier molecular flexibility index (Phi) is 4.23. The molecule has 5 heteroatoms. The van der Waals surface area contributed by atoms with E-state index < -0.39 is 0 Å². The van der Waals surface area contributed by atoms with Crippen LogP contribution in [0.1, 0.15) is 18.0 Å². The van der Waals surface area contributed by atoms with Crippen LogP contribution in [-0.4, -0.2) is 19.1 Å². The maximum Gasteiger partial charge on any atom is 0.258 e. The van der Waals surface area contributed by atoms with Crippen molar-refractivity contribution in [2.24, 2.45) is 0 Å². The van der Waals surface area contributed by atoms with E-state index in [-0.39, 0.29) is 24.4 Å². The van der Waals surface area contributed by atoms with E-state index in [1.54, 1.807) is 18.2 Å². The lowest BCUT2D eigenvalue weighted by Crippen LogP contribution is -2.35. The van der Waals surface area contributed by atoms with E-state index in [4.69, 9.17) is 9.47 Å². The molecular weight excluding hydrogens is 285 g/mol. The summed E-state index contributed by atoms with van der Waals surface area (Å²) in [6, 6.07) is 13.2. The van der Waals surface area contributed by atoms with Crippen molar-refractivity contribution in [3.05, 3.63) is 59.9 Å². The number of nitrogens with one attached hydrogen (secondary N) is 1. The summed E-state index contributed by atoms with van der Waals surface area (Å²) in [6.45, 7) is 0.412. The van der Waals surface area contributed by atoms with Crippen LogP contribution in [0.2, 0.25) is 0 Å². The molecule has 1 heterocycles. The molecule has 3 rings (SSSR count). The van der Waals surface area contributed by atoms with Crippen molar-refractivity contribution in [1.29, 1.82) is 0 Å². The van der Waals surface area contributed by atoms with Gasteiger partial charge >= 0.3 is 0 Å². The maximum absolute atomic E-state index is 13.4. The van der Waals surface area contributed by atoms with Gasteiger partial charge in [0.05, 0.1) is 12.6 Å². The largest absolute Gasteiger partial charge is 0.493 e. The third-order valence-corrected chi connectivity index (χ3v) is 3.46. The third-order valence-electron chi connectivity index (χ3n) is 3.46. The van der Waals surface area contributed by atoms with Crippen LogP contribution in [0.15, 0.2) is 48.5 Å². The molecule has 0 saturated carbocycles. The molecule has 22 heavy (non-hydrogen) atoms. The Morgan fingerprint density at radius 2 is 2.09 bits per heavy atom. The minimum Gasteiger partial charge on any atom is -0.493 e. The van der Waals surface area contributed by atoms with Gasteiger partial charge in [0.25, 0.3) is 5.91 Å². The average Bonchev–Trinajstić information content (AvgIpc) is 2.54. The first kappa shape index (κ1) is 14.4. The highest BCUT2D eigenvalue weighted by Crippen LogP contribution is 2.32. The number of halogens is 1. The lowest BCUT2D eigenvalue weighted by molar-refractivity contribution is -0.124. The zero-order valence-corrected chi connectivity index (χ0v) is 11.9. The predicted octanol–water partition coefficient (Wildman–Crippen LogP) is 2.84. The molecule has 1 unspecified atom stereocenters. The molecule has 1 aliphatic heterocycles. The molecule has 0 spiro atoms. The van der Waals surface area contributed by atoms with Gasteiger partial charge in [0.1, 0.15) is 17.3 Å². The zero-order chi connectivity index (χ0) is 15.4. The van der Waals surface area contributed by atoms with Gasteiger partial charge in [0.15, 0.2) is 6.61 Å². The quantitative estimate of drug-likeness (QED) is 0.944. The molecule has 1 aliphatic rings. The minimum absolute atomic E-state index is 0.0774. The normalized spacial score (nSPS) is 16.3. The van der Waals surface area contributed by atoms with Crippen molar-refractivity contribution in [2.45, 2.75) is 12.5 Å². The van der Waals surface area contributed by atoms with Gasteiger partial charge in [0.2, 0.25) is 0 Å². The van der Waals surface area contributed by atoms with E-state index in [1.807, 2.05) is 18.2 Å². The van der Waals surface area contributed by atoms with Crippen molar-refractivity contribution in [2.75, 3.05) is 13.2 Å². The number of fused-ring (bicyclic) bond motifs is 1. The molecule has 0 aliphatic carbocycles. The number of carbonyl (C=O) groups is 1. The molecule has 0 fully saturated rings. The van der Waals surface area contributed by atoms with E-state index >= 15 is 0 Å². The number of ether oxygens (including phenoxy) is 2. The fourth-order valence-corrected chi connectivity index (χ4v) is 2.42. The van der Waals surface area contributed by atoms with Gasteiger partial charge in [-0.15, -0.1) is 0 Å². The molecule has 0 aromatic heterocycles. The topological polar surface area (TPSA) is 47.6 Å². The number of carbonyl (C=O) groups excluding carboxylic acids is 1. The molecule has 1 N–H and O–H groups in total. The Hall–Kier alpha value is -2.56. The van der Waals surface area contributed by atoms with Gasteiger partial charge in [-0.05, 0) is 30.3 Å². The van der Waals surface area contributed by atoms with Crippen LogP contribution in [0.5, 0.6) is 11.5 Å². The lowest BCUT2D eigenvalue weighted by Gasteiger charge is -2.26. The van der Waals surface area contributed by atoms with Crippen molar-refractivity contribution in [3.8, 4) is 11.5 Å². The highest BCUT2D eigenvalue weighted by atomic mass is 19.1. The fraction of sp³-hybridized carbons (Fsp3) is 0.235. The van der Waals surface area contributed by atoms with Crippen molar-refractivity contribution < 1.29 is 18.7 Å². The molecule has 1 amide bonds. The van der Waals surface area contributed by atoms with Gasteiger partial charge in [-0.25, -0.2) is 4.39 Å². The Bertz CT molecular complexity index is 660. The molecule has 2 aromatic carbocycles. The van der Waals surface area contributed by atoms with Crippen molar-refractivity contribution >= 4 is 5.91 Å². The predicted molar refractivity (Wildman–Crippen MR) is 79.3 cm³/mol. The van der Waals surface area contributed by atoms with Crippen LogP contribution in [-0.2, 0) is 4.79 Å². The van der Waals surface area contributed by atoms with Gasteiger partial charge in [-0.1, -0.05) is 18.2 Å². The average molecular weight is 301 g/mol. The second-order valence-corrected chi connectivity index (χ2v) is 5.04. The molecule has 1 atom stereocenters. The molecule has 0 bridgehead atoms. The molecule has 4 nitrogen and oxygen atoms in total. The van der Waals surface area contributed by atoms with E-state index in [2.05, 4.69) is 5.32 Å². The van der Waals surface area contributed by atoms with Crippen LogP contribution in [0.3, 0.4) is 0 Å². The molecule has 114 valence electrons. The van der Waals surface area contributed by atoms with Crippen molar-refractivity contribution in [3.63, 3.8) is 0 Å². The minimum atomic E-state index is -0.343. The summed E-state index contributed by atoms with van der Waals surface area (Å²) in [5.74, 6) is 0.660. The summed E-state index contributed by atoms with van der Waals surface area (Å²) in [5.41, 5.74) is 0.666. The standard InChI is InChI=1S/C17H16FNO3/c18-12-6-7-16-14(10-12)15(8-9-21-16)19-17(20)11-22-13-4-2-1-3-5-13/h1-7,10,15H,8-9,11H2,(H,19,20). The zero-order valence-electron chi connectivity index (χ0n) is 11.9. The second-order valence-electron chi connectivity index (χ2n) is 5.04. The van der Waals surface area contributed by atoms with E-state index in [9.17, 15) is 9.18 Å². The molecule has 0 saturated heterocycles. The van der Waals surface area contributed by atoms with Crippen LogP contribution in [0.25, 0.3) is 0 Å². The summed E-state index contributed by atoms with van der Waals surface area (Å²) in [7, 11) is 0. The maximum atomic E-state index is 13.4. The summed E-state index contributed by atoms with van der Waals surface area (Å²) >= 11 is 0. The Morgan fingerprint density at radius 3 is 2.91 bits per heavy atom. The number of hydrogen-bond donors (Lipinski definition) is 1. The summed E-state index contributed by atoms with van der Waals surface area (Å²) < 4.78 is 24.3. The first-order valence-electron chi connectivity index (χ1n) is 7.12. The van der Waals surface area contributed by atoms with E-state index in [0.29, 0.717) is 30.1 Å². The third kappa shape index (κ3) is 3.36. The number of amides is 1. The second kappa shape index (κ2) is 6.47. The molecule has 0 radical (unpaired) electrons. The first-order valence-corrected chi connectivity index (χ1v) is 7.12. The number of para-hydroxylation sites is 1. The fourth-order valence-electron chi connectivity index (χ4n) is 2.42. The van der Waals surface area contributed by atoms with Gasteiger partial charge < -0.3 is 14.8 Å². The summed E-state index contributed by atoms with van der Waals surface area (Å²) in [4.78, 5) is 12.0. The Balaban J connectivity index is 1.62. The monoisotopic (exact) mass is 301 g/mol. The van der Waals surface area contributed by atoms with Crippen LogP contribution in [0, 0.1) is 5.82 Å². The molecular formula is C17H16FNO3. The number of rotatable bonds is 4. The van der Waals surface area contributed by atoms with Gasteiger partial charge in [-0.3, -0.25) is 4.79 Å². The Morgan fingerprint density at radius 1 is 1.27 bits per heavy atom. The van der Waals surface area contributed by atoms with Gasteiger partial charge in [0, 0.05) is 12.0 Å². The number of hydrogen-bond acceptors (Lipinski definition) is 3. The molecule has 2 aromatic rings. The highest BCUT2D eigenvalue weighted by Gasteiger charge is 2.23. The van der Waals surface area contributed by atoms with E-state index in [0.717, 1.165) is 0 Å². The lowest BCUT2D eigenvalue weighted by atomic mass is 10.0. The van der Waals surface area contributed by atoms with E-state index in [1.165, 1.54) is 12.1 Å². The first-order chi connectivity index (χ1) is 10.7. The Labute approximate surface area is 127 Å².